The molecule has 3 rings (SSSR count). The molecule has 2 aromatic heterocycles. The van der Waals surface area contributed by atoms with Crippen LogP contribution in [0, 0.1) is 22.7 Å². The van der Waals surface area contributed by atoms with Gasteiger partial charge in [0.1, 0.15) is 24.0 Å². The third-order valence-corrected chi connectivity index (χ3v) is 2.74. The summed E-state index contributed by atoms with van der Waals surface area (Å²) in [6.45, 7) is 0. The van der Waals surface area contributed by atoms with Gasteiger partial charge in [0.2, 0.25) is 0 Å². The molecule has 5 heteroatoms. The van der Waals surface area contributed by atoms with E-state index in [0.717, 1.165) is 5.39 Å². The number of nitrogens with zero attached hydrogens (tertiary/aromatic N) is 5. The number of benzene rings is 1. The number of nitriles is 2. The molecule has 82 valence electrons. The second-order valence-corrected chi connectivity index (χ2v) is 3.69. The number of hydrogen-bond donors (Lipinski definition) is 0. The van der Waals surface area contributed by atoms with Crippen LogP contribution in [0.15, 0.2) is 30.9 Å². The summed E-state index contributed by atoms with van der Waals surface area (Å²) in [5, 5.41) is 19.7. The minimum Gasteiger partial charge on any atom is -0.253 e. The summed E-state index contributed by atoms with van der Waals surface area (Å²) >= 11 is 0. The van der Waals surface area contributed by atoms with Crippen molar-refractivity contribution in [3.8, 4) is 12.1 Å². The zero-order valence-corrected chi connectivity index (χ0v) is 9.12. The van der Waals surface area contributed by atoms with Crippen LogP contribution in [0.4, 0.5) is 0 Å². The summed E-state index contributed by atoms with van der Waals surface area (Å²) < 4.78 is 0. The molecule has 18 heavy (non-hydrogen) atoms. The van der Waals surface area contributed by atoms with Gasteiger partial charge in [-0.1, -0.05) is 0 Å². The first-order valence-electron chi connectivity index (χ1n) is 5.17. The number of aromatic nitrogens is 3. The van der Waals surface area contributed by atoms with Crippen LogP contribution in [-0.4, -0.2) is 15.0 Å². The summed E-state index contributed by atoms with van der Waals surface area (Å²) in [6, 6.07) is 7.74. The van der Waals surface area contributed by atoms with Crippen LogP contribution < -0.4 is 0 Å². The van der Waals surface area contributed by atoms with Crippen molar-refractivity contribution in [2.75, 3.05) is 0 Å². The molecule has 0 aliphatic carbocycles. The van der Waals surface area contributed by atoms with Gasteiger partial charge in [-0.3, -0.25) is 4.98 Å². The second kappa shape index (κ2) is 3.76. The van der Waals surface area contributed by atoms with Crippen molar-refractivity contribution in [2.45, 2.75) is 0 Å². The van der Waals surface area contributed by atoms with Gasteiger partial charge < -0.3 is 0 Å². The average Bonchev–Trinajstić information content (AvgIpc) is 2.65. The largest absolute Gasteiger partial charge is 0.253 e. The monoisotopic (exact) mass is 231 g/mol. The summed E-state index contributed by atoms with van der Waals surface area (Å²) in [6.07, 6.45) is 4.47. The highest BCUT2D eigenvalue weighted by Crippen LogP contribution is 2.27. The van der Waals surface area contributed by atoms with Crippen LogP contribution in [-0.2, 0) is 0 Å². The summed E-state index contributed by atoms with van der Waals surface area (Å²) in [5.41, 5.74) is 1.90. The Hall–Kier alpha value is -3.05. The lowest BCUT2D eigenvalue weighted by molar-refractivity contribution is 1.25. The van der Waals surface area contributed by atoms with Crippen molar-refractivity contribution in [2.24, 2.45) is 0 Å². The lowest BCUT2D eigenvalue weighted by Gasteiger charge is -1.97. The van der Waals surface area contributed by atoms with Gasteiger partial charge in [0, 0.05) is 23.2 Å². The molecule has 0 saturated heterocycles. The molecule has 0 spiro atoms. The Morgan fingerprint density at radius 2 is 1.94 bits per heavy atom. The Balaban J connectivity index is 2.63. The Kier molecular flexibility index (Phi) is 2.11. The molecule has 0 atom stereocenters. The van der Waals surface area contributed by atoms with Crippen molar-refractivity contribution >= 4 is 21.8 Å². The van der Waals surface area contributed by atoms with E-state index in [1.54, 1.807) is 12.3 Å². The predicted molar refractivity (Wildman–Crippen MR) is 64.3 cm³/mol. The van der Waals surface area contributed by atoms with Crippen LogP contribution in [0.2, 0.25) is 0 Å². The van der Waals surface area contributed by atoms with Gasteiger partial charge in [-0.2, -0.15) is 10.5 Å². The molecule has 2 heterocycles. The van der Waals surface area contributed by atoms with E-state index in [9.17, 15) is 5.26 Å². The van der Waals surface area contributed by atoms with Gasteiger partial charge in [-0.15, -0.1) is 0 Å². The van der Waals surface area contributed by atoms with Crippen LogP contribution in [0.1, 0.15) is 11.1 Å². The fraction of sp³-hybridized carbons (Fsp3) is 0. The maximum Gasteiger partial charge on any atom is 0.116 e. The summed E-state index contributed by atoms with van der Waals surface area (Å²) in [4.78, 5) is 12.2. The molecule has 0 saturated carbocycles. The van der Waals surface area contributed by atoms with Gasteiger partial charge in [-0.25, -0.2) is 9.97 Å². The van der Waals surface area contributed by atoms with Crippen molar-refractivity contribution in [3.63, 3.8) is 0 Å². The molecular formula is C13H5N5. The molecule has 0 amide bonds. The van der Waals surface area contributed by atoms with E-state index in [1.165, 1.54) is 12.5 Å². The van der Waals surface area contributed by atoms with Gasteiger partial charge >= 0.3 is 0 Å². The van der Waals surface area contributed by atoms with Crippen LogP contribution >= 0.6 is 0 Å². The SMILES string of the molecule is N#Cc1cnc2c(C#N)c3ncnccc3cc12. The zero-order chi connectivity index (χ0) is 12.5. The normalized spacial score (nSPS) is 10.1. The molecule has 0 N–H and O–H groups in total. The topological polar surface area (TPSA) is 86.2 Å². The van der Waals surface area contributed by atoms with Gasteiger partial charge in [0.05, 0.1) is 16.6 Å². The predicted octanol–water partition coefficient (Wildman–Crippen LogP) is 1.92. The first-order valence-corrected chi connectivity index (χ1v) is 5.17. The maximum atomic E-state index is 9.26. The highest BCUT2D eigenvalue weighted by Gasteiger charge is 2.13. The van der Waals surface area contributed by atoms with Gasteiger partial charge in [-0.05, 0) is 12.1 Å². The third-order valence-electron chi connectivity index (χ3n) is 2.74. The lowest BCUT2D eigenvalue weighted by atomic mass is 10.1. The number of fused-ring (bicyclic) bond motifs is 2. The molecule has 0 aliphatic heterocycles. The number of rotatable bonds is 0. The smallest absolute Gasteiger partial charge is 0.116 e. The molecule has 1 aromatic carbocycles. The van der Waals surface area contributed by atoms with E-state index >= 15 is 0 Å². The summed E-state index contributed by atoms with van der Waals surface area (Å²) in [7, 11) is 0. The molecule has 0 bridgehead atoms. The van der Waals surface area contributed by atoms with Crippen LogP contribution in [0.25, 0.3) is 21.8 Å². The Labute approximate surface area is 102 Å². The Bertz CT molecular complexity index is 855. The van der Waals surface area contributed by atoms with E-state index in [4.69, 9.17) is 5.26 Å². The molecular weight excluding hydrogens is 226 g/mol. The Morgan fingerprint density at radius 3 is 2.72 bits per heavy atom. The molecule has 5 nitrogen and oxygen atoms in total. The number of hydrogen-bond acceptors (Lipinski definition) is 5. The fourth-order valence-corrected chi connectivity index (χ4v) is 1.94. The van der Waals surface area contributed by atoms with E-state index < -0.39 is 0 Å². The van der Waals surface area contributed by atoms with Gasteiger partial charge in [0.25, 0.3) is 0 Å². The average molecular weight is 231 g/mol. The third kappa shape index (κ3) is 1.28. The lowest BCUT2D eigenvalue weighted by Crippen LogP contribution is -1.84. The first-order chi connectivity index (χ1) is 8.85. The van der Waals surface area contributed by atoms with Crippen molar-refractivity contribution in [1.82, 2.24) is 15.0 Å². The zero-order valence-electron chi connectivity index (χ0n) is 9.12. The fourth-order valence-electron chi connectivity index (χ4n) is 1.94. The van der Waals surface area contributed by atoms with Crippen molar-refractivity contribution < 1.29 is 0 Å². The van der Waals surface area contributed by atoms with Crippen molar-refractivity contribution in [1.29, 1.82) is 10.5 Å². The second-order valence-electron chi connectivity index (χ2n) is 3.69. The Morgan fingerprint density at radius 1 is 1.06 bits per heavy atom. The standard InChI is InChI=1S/C13H5N5/c14-4-9-6-17-13-10(9)3-8-1-2-16-7-18-12(8)11(13)5-15/h1-3,6-7H. The van der Waals surface area contributed by atoms with E-state index in [0.29, 0.717) is 27.5 Å². The van der Waals surface area contributed by atoms with E-state index in [1.807, 2.05) is 6.07 Å². The summed E-state index contributed by atoms with van der Waals surface area (Å²) in [5.74, 6) is 0. The maximum absolute atomic E-state index is 9.26. The van der Waals surface area contributed by atoms with Crippen LogP contribution in [0.3, 0.4) is 0 Å². The first kappa shape index (κ1) is 10.1. The minimum absolute atomic E-state index is 0.377. The quantitative estimate of drug-likeness (QED) is 0.589. The molecule has 3 aromatic rings. The van der Waals surface area contributed by atoms with Crippen LogP contribution in [0.5, 0.6) is 0 Å². The molecule has 0 radical (unpaired) electrons. The molecule has 0 fully saturated rings. The van der Waals surface area contributed by atoms with Crippen molar-refractivity contribution in [3.05, 3.63) is 42.0 Å². The van der Waals surface area contributed by atoms with Gasteiger partial charge in [0.15, 0.2) is 0 Å². The highest BCUT2D eigenvalue weighted by atomic mass is 14.8. The molecule has 0 aliphatic rings. The van der Waals surface area contributed by atoms with E-state index in [2.05, 4.69) is 27.1 Å². The van der Waals surface area contributed by atoms with E-state index in [-0.39, 0.29) is 0 Å². The molecule has 0 unspecified atom stereocenters. The highest BCUT2D eigenvalue weighted by molar-refractivity contribution is 6.03. The minimum atomic E-state index is 0.377.